The summed E-state index contributed by atoms with van der Waals surface area (Å²) in [6.07, 6.45) is 3.62. The maximum Gasteiger partial charge on any atom is 0.282 e. The van der Waals surface area contributed by atoms with Crippen molar-refractivity contribution in [2.24, 2.45) is 0 Å². The predicted octanol–water partition coefficient (Wildman–Crippen LogP) is 4.27. The molecular formula is C30H29N5O2. The van der Waals surface area contributed by atoms with Gasteiger partial charge in [0.05, 0.1) is 16.8 Å². The third kappa shape index (κ3) is 4.32. The number of hydrogen-bond donors (Lipinski definition) is 0. The Morgan fingerprint density at radius 1 is 0.865 bits per heavy atom. The minimum atomic E-state index is -0.210. The molecule has 7 nitrogen and oxygen atoms in total. The highest BCUT2D eigenvalue weighted by atomic mass is 16.2. The number of pyridine rings is 1. The molecule has 6 rings (SSSR count). The zero-order chi connectivity index (χ0) is 25.4. The van der Waals surface area contributed by atoms with Crippen LogP contribution in [0.4, 0.5) is 0 Å². The van der Waals surface area contributed by atoms with E-state index in [-0.39, 0.29) is 11.5 Å². The monoisotopic (exact) mass is 491 g/mol. The van der Waals surface area contributed by atoms with E-state index in [1.807, 2.05) is 52.9 Å². The molecule has 0 spiro atoms. The van der Waals surface area contributed by atoms with E-state index in [4.69, 9.17) is 0 Å². The van der Waals surface area contributed by atoms with Crippen molar-refractivity contribution in [2.45, 2.75) is 20.0 Å². The van der Waals surface area contributed by atoms with Gasteiger partial charge in [0.1, 0.15) is 5.69 Å². The number of aryl methyl sites for hydroxylation is 1. The summed E-state index contributed by atoms with van der Waals surface area (Å²) in [6, 6.07) is 24.2. The largest absolute Gasteiger partial charge is 0.353 e. The number of amides is 1. The summed E-state index contributed by atoms with van der Waals surface area (Å²) >= 11 is 0. The second-order valence-electron chi connectivity index (χ2n) is 9.52. The van der Waals surface area contributed by atoms with Crippen molar-refractivity contribution in [3.8, 4) is 16.9 Å². The number of benzene rings is 3. The number of piperazine rings is 1. The second-order valence-corrected chi connectivity index (χ2v) is 9.52. The van der Waals surface area contributed by atoms with Crippen molar-refractivity contribution >= 4 is 16.7 Å². The van der Waals surface area contributed by atoms with Crippen LogP contribution in [0.1, 0.15) is 22.8 Å². The van der Waals surface area contributed by atoms with E-state index in [1.54, 1.807) is 6.20 Å². The lowest BCUT2D eigenvalue weighted by Crippen LogP contribution is -2.48. The zero-order valence-corrected chi connectivity index (χ0v) is 20.9. The van der Waals surface area contributed by atoms with E-state index in [0.29, 0.717) is 42.1 Å². The summed E-state index contributed by atoms with van der Waals surface area (Å²) in [5.41, 5.74) is 3.19. The molecule has 0 unspecified atom stereocenters. The molecule has 0 N–H and O–H groups in total. The Bertz CT molecular complexity index is 1590. The molecule has 3 aromatic rings. The molecule has 186 valence electrons. The summed E-state index contributed by atoms with van der Waals surface area (Å²) in [5, 5.41) is 7.13. The lowest BCUT2D eigenvalue weighted by Gasteiger charge is -2.35. The van der Waals surface area contributed by atoms with E-state index in [2.05, 4.69) is 52.5 Å². The summed E-state index contributed by atoms with van der Waals surface area (Å²) in [6.45, 7) is 6.37. The lowest BCUT2D eigenvalue weighted by molar-refractivity contribution is 0.0628. The van der Waals surface area contributed by atoms with Gasteiger partial charge in [-0.3, -0.25) is 14.5 Å². The SMILES string of the molecule is CCn1cc(C(=O)N2CCN(Cc3cccc4ccccc34)CC2)c2nn(-c3ccccc3)c(=O)c-2c1. The molecule has 3 aliphatic rings. The number of para-hydroxylation sites is 1. The molecule has 37 heavy (non-hydrogen) atoms. The van der Waals surface area contributed by atoms with Gasteiger partial charge < -0.3 is 9.47 Å². The van der Waals surface area contributed by atoms with Gasteiger partial charge in [0.25, 0.3) is 11.5 Å². The molecule has 3 aromatic carbocycles. The first-order valence-electron chi connectivity index (χ1n) is 12.8. The van der Waals surface area contributed by atoms with Crippen LogP contribution in [0.5, 0.6) is 0 Å². The average Bonchev–Trinajstić information content (AvgIpc) is 3.29. The van der Waals surface area contributed by atoms with Crippen LogP contribution in [0.25, 0.3) is 27.7 Å². The second kappa shape index (κ2) is 9.67. The van der Waals surface area contributed by atoms with Crippen LogP contribution in [-0.4, -0.2) is 56.2 Å². The van der Waals surface area contributed by atoms with E-state index >= 15 is 0 Å². The summed E-state index contributed by atoms with van der Waals surface area (Å²) in [5.74, 6) is -0.0738. The molecule has 7 heteroatoms. The first-order valence-corrected chi connectivity index (χ1v) is 12.8. The maximum absolute atomic E-state index is 13.7. The van der Waals surface area contributed by atoms with Crippen LogP contribution in [-0.2, 0) is 13.1 Å². The van der Waals surface area contributed by atoms with Crippen LogP contribution >= 0.6 is 0 Å². The highest BCUT2D eigenvalue weighted by Crippen LogP contribution is 2.25. The fourth-order valence-corrected chi connectivity index (χ4v) is 5.19. The van der Waals surface area contributed by atoms with Gasteiger partial charge >= 0.3 is 0 Å². The Balaban J connectivity index is 1.24. The van der Waals surface area contributed by atoms with Gasteiger partial charge in [0.2, 0.25) is 0 Å². The molecule has 0 bridgehead atoms. The van der Waals surface area contributed by atoms with Crippen LogP contribution in [0.3, 0.4) is 0 Å². The van der Waals surface area contributed by atoms with Gasteiger partial charge in [-0.15, -0.1) is 0 Å². The molecule has 0 aromatic heterocycles. The lowest BCUT2D eigenvalue weighted by atomic mass is 10.0. The summed E-state index contributed by atoms with van der Waals surface area (Å²) in [4.78, 5) is 31.2. The molecule has 0 aliphatic carbocycles. The van der Waals surface area contributed by atoms with Crippen LogP contribution in [0.2, 0.25) is 0 Å². The first-order chi connectivity index (χ1) is 18.1. The molecule has 0 saturated carbocycles. The highest BCUT2D eigenvalue weighted by Gasteiger charge is 2.29. The van der Waals surface area contributed by atoms with Crippen LogP contribution < -0.4 is 5.56 Å². The number of carbonyl (C=O) groups excluding carboxylic acids is 1. The number of aromatic nitrogens is 3. The Morgan fingerprint density at radius 2 is 1.59 bits per heavy atom. The predicted molar refractivity (Wildman–Crippen MR) is 145 cm³/mol. The third-order valence-electron chi connectivity index (χ3n) is 7.25. The first kappa shape index (κ1) is 23.2. The van der Waals surface area contributed by atoms with Crippen molar-refractivity contribution in [1.29, 1.82) is 0 Å². The third-order valence-corrected chi connectivity index (χ3v) is 7.25. The highest BCUT2D eigenvalue weighted by molar-refractivity contribution is 6.00. The molecule has 3 heterocycles. The standard InChI is InChI=1S/C30H29N5O2/c1-2-32-20-26(28-27(21-32)30(37)35(31-28)24-12-4-3-5-13-24)29(36)34-17-15-33(16-18-34)19-23-11-8-10-22-9-6-7-14-25(22)23/h3-14,20-21H,2,15-19H2,1H3. The summed E-state index contributed by atoms with van der Waals surface area (Å²) in [7, 11) is 0. The van der Waals surface area contributed by atoms with Gasteiger partial charge in [0.15, 0.2) is 0 Å². The van der Waals surface area contributed by atoms with Gasteiger partial charge in [-0.25, -0.2) is 0 Å². The van der Waals surface area contributed by atoms with Crippen LogP contribution in [0, 0.1) is 0 Å². The van der Waals surface area contributed by atoms with E-state index in [1.165, 1.54) is 21.0 Å². The molecule has 0 radical (unpaired) electrons. The van der Waals surface area contributed by atoms with E-state index in [9.17, 15) is 9.59 Å². The number of carbonyl (C=O) groups is 1. The van der Waals surface area contributed by atoms with E-state index in [0.717, 1.165) is 19.6 Å². The minimum absolute atomic E-state index is 0.0738. The van der Waals surface area contributed by atoms with Gasteiger partial charge in [-0.1, -0.05) is 60.7 Å². The molecule has 3 aliphatic heterocycles. The minimum Gasteiger partial charge on any atom is -0.353 e. The van der Waals surface area contributed by atoms with Crippen LogP contribution in [0.15, 0.2) is 90.0 Å². The fraction of sp³-hybridized carbons (Fsp3) is 0.233. The number of fused-ring (bicyclic) bond motifs is 2. The van der Waals surface area contributed by atoms with Crippen molar-refractivity contribution in [1.82, 2.24) is 24.1 Å². The van der Waals surface area contributed by atoms with Crippen molar-refractivity contribution < 1.29 is 4.79 Å². The van der Waals surface area contributed by atoms with Crippen molar-refractivity contribution in [3.63, 3.8) is 0 Å². The smallest absolute Gasteiger partial charge is 0.282 e. The number of rotatable bonds is 5. The Labute approximate surface area is 215 Å². The zero-order valence-electron chi connectivity index (χ0n) is 20.9. The molecule has 1 saturated heterocycles. The van der Waals surface area contributed by atoms with Crippen molar-refractivity contribution in [3.05, 3.63) is 107 Å². The number of hydrogen-bond acceptors (Lipinski definition) is 4. The quantitative estimate of drug-likeness (QED) is 0.368. The maximum atomic E-state index is 13.7. The van der Waals surface area contributed by atoms with Gasteiger partial charge in [-0.05, 0) is 35.4 Å². The molecule has 1 fully saturated rings. The molecular weight excluding hydrogens is 462 g/mol. The average molecular weight is 492 g/mol. The fourth-order valence-electron chi connectivity index (χ4n) is 5.19. The number of nitrogens with zero attached hydrogens (tertiary/aromatic N) is 5. The topological polar surface area (TPSA) is 63.4 Å². The molecule has 1 amide bonds. The van der Waals surface area contributed by atoms with Gasteiger partial charge in [0, 0.05) is 51.7 Å². The Hall–Kier alpha value is -4.23. The Morgan fingerprint density at radius 3 is 2.38 bits per heavy atom. The normalized spacial score (nSPS) is 14.5. The Kier molecular flexibility index (Phi) is 6.06. The molecule has 0 atom stereocenters. The summed E-state index contributed by atoms with van der Waals surface area (Å²) < 4.78 is 3.29. The van der Waals surface area contributed by atoms with Gasteiger partial charge in [-0.2, -0.15) is 9.78 Å². The van der Waals surface area contributed by atoms with E-state index < -0.39 is 0 Å². The van der Waals surface area contributed by atoms with Crippen molar-refractivity contribution in [2.75, 3.05) is 26.2 Å².